The molecule has 24 heavy (non-hydrogen) atoms. The molecule has 2 aromatic carbocycles. The molecule has 0 aliphatic heterocycles. The van der Waals surface area contributed by atoms with Crippen LogP contribution in [-0.4, -0.2) is 16.1 Å². The van der Waals surface area contributed by atoms with Gasteiger partial charge in [-0.05, 0) is 49.2 Å². The number of hydrogen-bond donors (Lipinski definition) is 2. The fourth-order valence-electron chi connectivity index (χ4n) is 2.27. The first-order chi connectivity index (χ1) is 11.6. The third-order valence-corrected chi connectivity index (χ3v) is 3.70. The van der Waals surface area contributed by atoms with Crippen LogP contribution in [0, 0.1) is 13.8 Å². The number of nitrogens with zero attached hydrogens (tertiary/aromatic N) is 2. The molecular weight excluding hydrogens is 300 g/mol. The largest absolute Gasteiger partial charge is 0.339 e. The number of rotatable bonds is 4. The molecule has 0 unspecified atom stereocenters. The van der Waals surface area contributed by atoms with Gasteiger partial charge in [-0.15, -0.1) is 10.2 Å². The van der Waals surface area contributed by atoms with Crippen LogP contribution in [0.3, 0.4) is 0 Å². The van der Waals surface area contributed by atoms with Crippen LogP contribution in [0.4, 0.5) is 17.2 Å². The normalized spacial score (nSPS) is 10.2. The SMILES string of the molecule is Cc1ccccc1NC(=O)c1ccc(Nc2ccccc2C)nn1. The lowest BCUT2D eigenvalue weighted by Gasteiger charge is -2.09. The van der Waals surface area contributed by atoms with E-state index in [1.165, 1.54) is 0 Å². The van der Waals surface area contributed by atoms with Gasteiger partial charge in [0.1, 0.15) is 0 Å². The van der Waals surface area contributed by atoms with Crippen LogP contribution in [0.2, 0.25) is 0 Å². The number of amides is 1. The zero-order valence-electron chi connectivity index (χ0n) is 13.6. The maximum atomic E-state index is 12.3. The number of nitrogens with one attached hydrogen (secondary N) is 2. The van der Waals surface area contributed by atoms with E-state index >= 15 is 0 Å². The van der Waals surface area contributed by atoms with Crippen LogP contribution in [0.25, 0.3) is 0 Å². The molecule has 5 heteroatoms. The van der Waals surface area contributed by atoms with Gasteiger partial charge in [-0.3, -0.25) is 4.79 Å². The molecule has 3 rings (SSSR count). The van der Waals surface area contributed by atoms with Crippen LogP contribution >= 0.6 is 0 Å². The lowest BCUT2D eigenvalue weighted by Crippen LogP contribution is -2.15. The molecule has 0 fully saturated rings. The van der Waals surface area contributed by atoms with E-state index < -0.39 is 0 Å². The number of hydrogen-bond acceptors (Lipinski definition) is 4. The molecule has 0 spiro atoms. The minimum absolute atomic E-state index is 0.272. The number of para-hydroxylation sites is 2. The Bertz CT molecular complexity index is 859. The van der Waals surface area contributed by atoms with Crippen molar-refractivity contribution < 1.29 is 4.79 Å². The summed E-state index contributed by atoms with van der Waals surface area (Å²) in [6, 6.07) is 18.9. The number of carbonyl (C=O) groups is 1. The summed E-state index contributed by atoms with van der Waals surface area (Å²) in [7, 11) is 0. The molecule has 0 bridgehead atoms. The Hall–Kier alpha value is -3.21. The molecule has 0 aliphatic carbocycles. The van der Waals surface area contributed by atoms with E-state index in [-0.39, 0.29) is 11.6 Å². The Morgan fingerprint density at radius 2 is 1.42 bits per heavy atom. The Labute approximate surface area is 140 Å². The summed E-state index contributed by atoms with van der Waals surface area (Å²) in [5.74, 6) is 0.316. The van der Waals surface area contributed by atoms with Crippen molar-refractivity contribution in [1.82, 2.24) is 10.2 Å². The number of aromatic nitrogens is 2. The van der Waals surface area contributed by atoms with Gasteiger partial charge >= 0.3 is 0 Å². The molecule has 0 aliphatic rings. The molecule has 3 aromatic rings. The van der Waals surface area contributed by atoms with Crippen LogP contribution in [0.15, 0.2) is 60.7 Å². The lowest BCUT2D eigenvalue weighted by atomic mass is 10.2. The van der Waals surface area contributed by atoms with Gasteiger partial charge in [-0.1, -0.05) is 36.4 Å². The van der Waals surface area contributed by atoms with Crippen molar-refractivity contribution in [3.63, 3.8) is 0 Å². The van der Waals surface area contributed by atoms with Gasteiger partial charge < -0.3 is 10.6 Å². The zero-order chi connectivity index (χ0) is 16.9. The Kier molecular flexibility index (Phi) is 4.52. The van der Waals surface area contributed by atoms with Crippen LogP contribution < -0.4 is 10.6 Å². The first-order valence-electron chi connectivity index (χ1n) is 7.67. The first kappa shape index (κ1) is 15.7. The van der Waals surface area contributed by atoms with Crippen LogP contribution in [0.1, 0.15) is 21.6 Å². The van der Waals surface area contributed by atoms with Crippen molar-refractivity contribution in [1.29, 1.82) is 0 Å². The van der Waals surface area contributed by atoms with Gasteiger partial charge in [0, 0.05) is 11.4 Å². The van der Waals surface area contributed by atoms with Crippen molar-refractivity contribution in [2.75, 3.05) is 10.6 Å². The molecule has 0 saturated carbocycles. The average molecular weight is 318 g/mol. The van der Waals surface area contributed by atoms with E-state index in [1.54, 1.807) is 12.1 Å². The molecule has 1 heterocycles. The molecular formula is C19H18N4O. The Morgan fingerprint density at radius 3 is 2.00 bits per heavy atom. The summed E-state index contributed by atoms with van der Waals surface area (Å²) in [5, 5.41) is 14.1. The van der Waals surface area contributed by atoms with E-state index in [0.29, 0.717) is 5.82 Å². The highest BCUT2D eigenvalue weighted by atomic mass is 16.1. The van der Waals surface area contributed by atoms with E-state index in [2.05, 4.69) is 20.8 Å². The molecule has 0 radical (unpaired) electrons. The molecule has 0 atom stereocenters. The summed E-state index contributed by atoms with van der Waals surface area (Å²) in [5.41, 5.74) is 4.11. The second-order valence-corrected chi connectivity index (χ2v) is 5.51. The minimum atomic E-state index is -0.278. The molecule has 5 nitrogen and oxygen atoms in total. The number of benzene rings is 2. The van der Waals surface area contributed by atoms with Crippen LogP contribution in [0.5, 0.6) is 0 Å². The summed E-state index contributed by atoms with van der Waals surface area (Å²) >= 11 is 0. The zero-order valence-corrected chi connectivity index (χ0v) is 13.6. The van der Waals surface area contributed by atoms with Crippen molar-refractivity contribution in [2.24, 2.45) is 0 Å². The van der Waals surface area contributed by atoms with Crippen molar-refractivity contribution in [2.45, 2.75) is 13.8 Å². The number of carbonyl (C=O) groups excluding carboxylic acids is 1. The van der Waals surface area contributed by atoms with Crippen molar-refractivity contribution in [3.05, 3.63) is 77.5 Å². The summed E-state index contributed by atoms with van der Waals surface area (Å²) in [6.07, 6.45) is 0. The molecule has 1 aromatic heterocycles. The van der Waals surface area contributed by atoms with Gasteiger partial charge in [0.2, 0.25) is 0 Å². The van der Waals surface area contributed by atoms with Gasteiger partial charge in [0.25, 0.3) is 5.91 Å². The van der Waals surface area contributed by atoms with Crippen molar-refractivity contribution >= 4 is 23.1 Å². The third-order valence-electron chi connectivity index (χ3n) is 3.70. The molecule has 120 valence electrons. The van der Waals surface area contributed by atoms with E-state index in [9.17, 15) is 4.79 Å². The Morgan fingerprint density at radius 1 is 0.792 bits per heavy atom. The van der Waals surface area contributed by atoms with Gasteiger partial charge in [0.15, 0.2) is 11.5 Å². The van der Waals surface area contributed by atoms with Gasteiger partial charge in [0.05, 0.1) is 0 Å². The number of anilines is 3. The van der Waals surface area contributed by atoms with E-state index in [4.69, 9.17) is 0 Å². The Balaban J connectivity index is 1.71. The molecule has 1 amide bonds. The highest BCUT2D eigenvalue weighted by Gasteiger charge is 2.10. The lowest BCUT2D eigenvalue weighted by molar-refractivity contribution is 0.102. The average Bonchev–Trinajstić information content (AvgIpc) is 2.59. The third kappa shape index (κ3) is 3.57. The maximum Gasteiger partial charge on any atom is 0.276 e. The van der Waals surface area contributed by atoms with Gasteiger partial charge in [-0.25, -0.2) is 0 Å². The predicted octanol–water partition coefficient (Wildman–Crippen LogP) is 4.09. The minimum Gasteiger partial charge on any atom is -0.339 e. The molecule has 0 saturated heterocycles. The topological polar surface area (TPSA) is 66.9 Å². The van der Waals surface area contributed by atoms with E-state index in [0.717, 1.165) is 22.5 Å². The second-order valence-electron chi connectivity index (χ2n) is 5.51. The highest BCUT2D eigenvalue weighted by molar-refractivity contribution is 6.03. The summed E-state index contributed by atoms with van der Waals surface area (Å²) in [4.78, 5) is 12.3. The fourth-order valence-corrected chi connectivity index (χ4v) is 2.27. The van der Waals surface area contributed by atoms with Crippen molar-refractivity contribution in [3.8, 4) is 0 Å². The smallest absolute Gasteiger partial charge is 0.276 e. The summed E-state index contributed by atoms with van der Waals surface area (Å²) < 4.78 is 0. The fraction of sp³-hybridized carbons (Fsp3) is 0.105. The highest BCUT2D eigenvalue weighted by Crippen LogP contribution is 2.18. The van der Waals surface area contributed by atoms with Gasteiger partial charge in [-0.2, -0.15) is 0 Å². The maximum absolute atomic E-state index is 12.3. The second kappa shape index (κ2) is 6.91. The first-order valence-corrected chi connectivity index (χ1v) is 7.67. The van der Waals surface area contributed by atoms with Crippen LogP contribution in [-0.2, 0) is 0 Å². The number of aryl methyl sites for hydroxylation is 2. The predicted molar refractivity (Wildman–Crippen MR) is 95.6 cm³/mol. The monoisotopic (exact) mass is 318 g/mol. The van der Waals surface area contributed by atoms with E-state index in [1.807, 2.05) is 62.4 Å². The standard InChI is InChI=1S/C19H18N4O/c1-13-7-3-5-9-15(13)20-18-12-11-17(22-23-18)19(24)21-16-10-6-4-8-14(16)2/h3-12H,1-2H3,(H,20,23)(H,21,24). The summed E-state index contributed by atoms with van der Waals surface area (Å²) in [6.45, 7) is 3.95. The quantitative estimate of drug-likeness (QED) is 0.760. The molecule has 2 N–H and O–H groups in total.